The Morgan fingerprint density at radius 3 is 0.400 bits per heavy atom. The molecule has 28 N–H and O–H groups in total. The molecule has 0 fully saturated rings. The molecule has 20 heteroatoms. The van der Waals surface area contributed by atoms with Crippen molar-refractivity contribution in [3.8, 4) is 0 Å². The van der Waals surface area contributed by atoms with Crippen LogP contribution in [0.1, 0.15) is 0 Å². The second-order valence-electron chi connectivity index (χ2n) is 0.408. The van der Waals surface area contributed by atoms with Crippen molar-refractivity contribution in [2.45, 2.75) is 0 Å². The third-order valence-corrected chi connectivity index (χ3v) is 0. The van der Waals surface area contributed by atoms with Gasteiger partial charge >= 0.3 is 19.5 Å². The van der Waals surface area contributed by atoms with Gasteiger partial charge in [-0.3, -0.25) is 8.42 Å². The molecule has 0 atom stereocenters. The van der Waals surface area contributed by atoms with Gasteiger partial charge in [-0.2, -0.15) is 0 Å². The fourth-order valence-electron chi connectivity index (χ4n) is 0. The summed E-state index contributed by atoms with van der Waals surface area (Å²) in [5.41, 5.74) is 0. The maximum Gasteiger partial charge on any atom is 2.00 e. The molecule has 0 aromatic rings. The van der Waals surface area contributed by atoms with E-state index >= 15 is 0 Å². The van der Waals surface area contributed by atoms with Crippen LogP contribution in [0.15, 0.2) is 0 Å². The van der Waals surface area contributed by atoms with Crippen molar-refractivity contribution in [1.29, 1.82) is 0 Å². The van der Waals surface area contributed by atoms with Gasteiger partial charge in [0.25, 0.3) is 0 Å². The van der Waals surface area contributed by atoms with Crippen molar-refractivity contribution in [2.75, 3.05) is 0 Å². The quantitative estimate of drug-likeness (QED) is 0.211. The minimum absolute atomic E-state index is 0. The van der Waals surface area contributed by atoms with E-state index in [0.29, 0.717) is 0 Å². The summed E-state index contributed by atoms with van der Waals surface area (Å²) < 4.78 is 34.1. The monoisotopic (exact) mass is 412 g/mol. The average Bonchev–Trinajstić information content (AvgIpc) is 0.722. The fraction of sp³-hybridized carbons (Fsp3) is 0. The summed E-state index contributed by atoms with van der Waals surface area (Å²) in [6.45, 7) is 0. The maximum atomic E-state index is 8.52. The number of hydrogen-bond donors (Lipinski definition) is 0. The molecule has 0 unspecified atom stereocenters. The first-order valence-electron chi connectivity index (χ1n) is 0.667. The zero-order chi connectivity index (χ0) is 4.50. The van der Waals surface area contributed by atoms with Crippen LogP contribution in [-0.2, 0) is 29.9 Å². The first kappa shape index (κ1) is 462. The van der Waals surface area contributed by atoms with E-state index in [0.717, 1.165) is 0 Å². The van der Waals surface area contributed by atoms with E-state index in [1.165, 1.54) is 0 Å². The van der Waals surface area contributed by atoms with E-state index in [2.05, 4.69) is 0 Å². The summed E-state index contributed by atoms with van der Waals surface area (Å²) in [7, 11) is -5.17. The standard InChI is InChI=1S/H2O4S.14H2O.Zn/c1-5(2,3)4;;;;;;;;;;;;;;;/h(H2,1,2,3,4);14*1H2;/q;;;;;;;;;;;;;;;+2/p-2. The molecule has 0 amide bonds. The van der Waals surface area contributed by atoms with Crippen molar-refractivity contribution < 1.29 is 114 Å². The number of rotatable bonds is 0. The Kier molecular flexibility index (Phi) is 3990. The summed E-state index contributed by atoms with van der Waals surface area (Å²) in [6, 6.07) is 0. The van der Waals surface area contributed by atoms with Crippen molar-refractivity contribution in [1.82, 2.24) is 0 Å². The molecule has 0 spiro atoms. The summed E-state index contributed by atoms with van der Waals surface area (Å²) in [5.74, 6) is 0. The largest absolute Gasteiger partial charge is 2.00 e. The molecule has 0 aliphatic heterocycles. The van der Waals surface area contributed by atoms with Crippen molar-refractivity contribution in [3.63, 3.8) is 0 Å². The van der Waals surface area contributed by atoms with E-state index in [4.69, 9.17) is 17.5 Å². The Bertz CT molecular complexity index is 94.6. The van der Waals surface area contributed by atoms with E-state index in [9.17, 15) is 0 Å². The van der Waals surface area contributed by atoms with Crippen LogP contribution in [0.25, 0.3) is 0 Å². The number of hydrogen-bond acceptors (Lipinski definition) is 4. The first-order valence-corrected chi connectivity index (χ1v) is 2.00. The molecular weight excluding hydrogens is 385 g/mol. The maximum absolute atomic E-state index is 8.52. The van der Waals surface area contributed by atoms with Crippen molar-refractivity contribution in [3.05, 3.63) is 0 Å². The smallest absolute Gasteiger partial charge is 0.759 e. The normalized spacial score (nSPS) is 2.90. The van der Waals surface area contributed by atoms with E-state index in [-0.39, 0.29) is 96.1 Å². The summed E-state index contributed by atoms with van der Waals surface area (Å²) in [5, 5.41) is 0. The Hall–Kier alpha value is -0.0666. The second-order valence-corrected chi connectivity index (χ2v) is 1.22. The van der Waals surface area contributed by atoms with Crippen LogP contribution in [0.2, 0.25) is 0 Å². The van der Waals surface area contributed by atoms with Gasteiger partial charge in [0, 0.05) is 10.4 Å². The van der Waals surface area contributed by atoms with Gasteiger partial charge in [0.15, 0.2) is 0 Å². The van der Waals surface area contributed by atoms with E-state index < -0.39 is 10.4 Å². The molecule has 0 bridgehead atoms. The predicted octanol–water partition coefficient (Wildman–Crippen LogP) is -12.9. The van der Waals surface area contributed by atoms with Gasteiger partial charge in [-0.05, 0) is 0 Å². The molecule has 0 aliphatic rings. The molecule has 0 saturated heterocycles. The van der Waals surface area contributed by atoms with Crippen LogP contribution in [0, 0.1) is 0 Å². The zero-order valence-corrected chi connectivity index (χ0v) is 13.5. The fourth-order valence-corrected chi connectivity index (χ4v) is 0. The minimum Gasteiger partial charge on any atom is -0.759 e. The third-order valence-electron chi connectivity index (χ3n) is 0. The average molecular weight is 414 g/mol. The van der Waals surface area contributed by atoms with Gasteiger partial charge in [0.2, 0.25) is 0 Å². The molecule has 0 saturated carbocycles. The van der Waals surface area contributed by atoms with Crippen LogP contribution >= 0.6 is 0 Å². The summed E-state index contributed by atoms with van der Waals surface area (Å²) in [6.07, 6.45) is 0. The Balaban J connectivity index is -0.000000000762. The molecule has 0 aromatic heterocycles. The predicted molar refractivity (Wildman–Crippen MR) is 61.1 cm³/mol. The van der Waals surface area contributed by atoms with Crippen LogP contribution in [-0.4, -0.2) is 94.2 Å². The Morgan fingerprint density at radius 2 is 0.400 bits per heavy atom. The molecule has 0 aromatic carbocycles. The first-order chi connectivity index (χ1) is 2.00. The van der Waals surface area contributed by atoms with Crippen LogP contribution < -0.4 is 0 Å². The third kappa shape index (κ3) is 1160000. The van der Waals surface area contributed by atoms with Gasteiger partial charge in [-0.25, -0.2) is 0 Å². The van der Waals surface area contributed by atoms with E-state index in [1.807, 2.05) is 0 Å². The van der Waals surface area contributed by atoms with Crippen LogP contribution in [0.3, 0.4) is 0 Å². The minimum atomic E-state index is -5.17. The molecule has 144 valence electrons. The topological polar surface area (TPSA) is 521 Å². The van der Waals surface area contributed by atoms with Gasteiger partial charge < -0.3 is 85.8 Å². The second kappa shape index (κ2) is 173. The molecule has 0 aliphatic carbocycles. The van der Waals surface area contributed by atoms with Gasteiger partial charge in [-0.1, -0.05) is 0 Å². The molecule has 18 nitrogen and oxygen atoms in total. The van der Waals surface area contributed by atoms with Crippen molar-refractivity contribution >= 4 is 10.4 Å². The molecule has 20 heavy (non-hydrogen) atoms. The van der Waals surface area contributed by atoms with Crippen molar-refractivity contribution in [2.24, 2.45) is 0 Å². The summed E-state index contributed by atoms with van der Waals surface area (Å²) >= 11 is 0. The SMILES string of the molecule is O.O.O.O.O.O.O.O.O.O.O.O.O.O.O=S(=O)([O-])[O-].[Zn+2]. The molecule has 0 rings (SSSR count). The Labute approximate surface area is 125 Å². The van der Waals surface area contributed by atoms with Gasteiger partial charge in [-0.15, -0.1) is 0 Å². The van der Waals surface area contributed by atoms with E-state index in [1.54, 1.807) is 0 Å². The molecule has 0 heterocycles. The van der Waals surface area contributed by atoms with Crippen LogP contribution in [0.4, 0.5) is 0 Å². The molecule has 0 radical (unpaired) electrons. The van der Waals surface area contributed by atoms with Gasteiger partial charge in [0.05, 0.1) is 0 Å². The zero-order valence-electron chi connectivity index (χ0n) is 9.75. The van der Waals surface area contributed by atoms with Gasteiger partial charge in [0.1, 0.15) is 0 Å². The van der Waals surface area contributed by atoms with Crippen LogP contribution in [0.5, 0.6) is 0 Å². The molecular formula is H28O18SZn. The Morgan fingerprint density at radius 1 is 0.400 bits per heavy atom. The summed E-state index contributed by atoms with van der Waals surface area (Å²) in [4.78, 5) is 0.